The number of benzene rings is 1. The van der Waals surface area contributed by atoms with E-state index in [1.165, 1.54) is 12.1 Å². The molecule has 0 aliphatic rings. The van der Waals surface area contributed by atoms with Crippen LogP contribution in [0.3, 0.4) is 0 Å². The Morgan fingerprint density at radius 2 is 1.94 bits per heavy atom. The molecule has 1 aromatic rings. The van der Waals surface area contributed by atoms with Crippen LogP contribution in [0.5, 0.6) is 0 Å². The molecule has 18 heavy (non-hydrogen) atoms. The normalized spacial score (nSPS) is 11.4. The van der Waals surface area contributed by atoms with E-state index in [1.54, 1.807) is 0 Å². The van der Waals surface area contributed by atoms with Crippen molar-refractivity contribution in [3.05, 3.63) is 39.9 Å². The van der Waals surface area contributed by atoms with Gasteiger partial charge in [-0.2, -0.15) is 8.78 Å². The highest BCUT2D eigenvalue weighted by molar-refractivity contribution is 5.97. The second-order valence-electron chi connectivity index (χ2n) is 2.99. The van der Waals surface area contributed by atoms with Crippen LogP contribution in [0.1, 0.15) is 5.56 Å². The van der Waals surface area contributed by atoms with Crippen LogP contribution >= 0.6 is 0 Å². The van der Waals surface area contributed by atoms with Crippen molar-refractivity contribution in [1.29, 1.82) is 0 Å². The van der Waals surface area contributed by atoms with E-state index in [2.05, 4.69) is 9.99 Å². The Balaban J connectivity index is 2.78. The quantitative estimate of drug-likeness (QED) is 0.285. The molecule has 1 rings (SSSR count). The van der Waals surface area contributed by atoms with Gasteiger partial charge in [0, 0.05) is 17.7 Å². The standard InChI is InChI=1S/C9H7F2N3O4/c10-7(11)9(15)18-13-8(12)5-1-3-6(4-2-5)14(16)17/h1-4,7H,(H2,12,13). The lowest BCUT2D eigenvalue weighted by atomic mass is 10.2. The topological polar surface area (TPSA) is 108 Å². The lowest BCUT2D eigenvalue weighted by Crippen LogP contribution is -2.17. The second-order valence-corrected chi connectivity index (χ2v) is 2.99. The minimum atomic E-state index is -3.31. The van der Waals surface area contributed by atoms with Gasteiger partial charge in [-0.1, -0.05) is 5.16 Å². The Hall–Kier alpha value is -2.58. The lowest BCUT2D eigenvalue weighted by Gasteiger charge is -2.00. The van der Waals surface area contributed by atoms with E-state index in [1.807, 2.05) is 0 Å². The van der Waals surface area contributed by atoms with Gasteiger partial charge < -0.3 is 10.6 Å². The molecular weight excluding hydrogens is 252 g/mol. The van der Waals surface area contributed by atoms with Crippen molar-refractivity contribution in [2.45, 2.75) is 6.43 Å². The summed E-state index contributed by atoms with van der Waals surface area (Å²) in [7, 11) is 0. The van der Waals surface area contributed by atoms with Gasteiger partial charge in [-0.3, -0.25) is 10.1 Å². The third-order valence-corrected chi connectivity index (χ3v) is 1.79. The van der Waals surface area contributed by atoms with Gasteiger partial charge in [0.1, 0.15) is 0 Å². The van der Waals surface area contributed by atoms with Crippen molar-refractivity contribution < 1.29 is 23.3 Å². The number of hydrogen-bond donors (Lipinski definition) is 1. The van der Waals surface area contributed by atoms with Gasteiger partial charge in [0.15, 0.2) is 5.84 Å². The minimum Gasteiger partial charge on any atom is -0.380 e. The SMILES string of the molecule is N/C(=N\OC(=O)C(F)F)c1ccc([N+](=O)[O-])cc1. The molecule has 9 heteroatoms. The van der Waals surface area contributed by atoms with E-state index in [0.717, 1.165) is 12.1 Å². The number of halogens is 2. The van der Waals surface area contributed by atoms with Crippen LogP contribution in [0.25, 0.3) is 0 Å². The number of rotatable bonds is 4. The molecule has 2 N–H and O–H groups in total. The minimum absolute atomic E-state index is 0.170. The Bertz CT molecular complexity index is 487. The number of carbonyl (C=O) groups is 1. The zero-order valence-electron chi connectivity index (χ0n) is 8.75. The molecule has 0 atom stereocenters. The van der Waals surface area contributed by atoms with Gasteiger partial charge in [-0.05, 0) is 12.1 Å². The molecule has 0 unspecified atom stereocenters. The van der Waals surface area contributed by atoms with Gasteiger partial charge in [-0.25, -0.2) is 4.79 Å². The van der Waals surface area contributed by atoms with Gasteiger partial charge >= 0.3 is 12.4 Å². The highest BCUT2D eigenvalue weighted by Crippen LogP contribution is 2.11. The number of amidine groups is 1. The lowest BCUT2D eigenvalue weighted by molar-refractivity contribution is -0.384. The summed E-state index contributed by atoms with van der Waals surface area (Å²) in [4.78, 5) is 24.0. The Morgan fingerprint density at radius 1 is 1.39 bits per heavy atom. The average molecular weight is 259 g/mol. The van der Waals surface area contributed by atoms with Gasteiger partial charge in [-0.15, -0.1) is 0 Å². The van der Waals surface area contributed by atoms with E-state index in [0.29, 0.717) is 0 Å². The summed E-state index contributed by atoms with van der Waals surface area (Å²) in [6.45, 7) is 0. The van der Waals surface area contributed by atoms with Gasteiger partial charge in [0.05, 0.1) is 4.92 Å². The number of carbonyl (C=O) groups excluding carboxylic acids is 1. The monoisotopic (exact) mass is 259 g/mol. The summed E-state index contributed by atoms with van der Waals surface area (Å²) in [5.41, 5.74) is 5.35. The third kappa shape index (κ3) is 3.47. The fraction of sp³-hybridized carbons (Fsp3) is 0.111. The number of alkyl halides is 2. The zero-order valence-corrected chi connectivity index (χ0v) is 8.75. The predicted octanol–water partition coefficient (Wildman–Crippen LogP) is 1.02. The van der Waals surface area contributed by atoms with Crippen molar-refractivity contribution >= 4 is 17.5 Å². The summed E-state index contributed by atoms with van der Waals surface area (Å²) < 4.78 is 23.5. The van der Waals surface area contributed by atoms with Crippen LogP contribution < -0.4 is 5.73 Å². The maximum Gasteiger partial charge on any atom is 0.400 e. The van der Waals surface area contributed by atoms with E-state index in [-0.39, 0.29) is 17.1 Å². The van der Waals surface area contributed by atoms with Crippen molar-refractivity contribution in [1.82, 2.24) is 0 Å². The molecule has 7 nitrogen and oxygen atoms in total. The fourth-order valence-corrected chi connectivity index (χ4v) is 0.941. The molecule has 0 saturated heterocycles. The molecule has 0 aliphatic carbocycles. The number of oxime groups is 1. The molecule has 0 saturated carbocycles. The Kier molecular flexibility index (Phi) is 4.24. The first kappa shape index (κ1) is 13.5. The first-order valence-electron chi connectivity index (χ1n) is 4.49. The molecule has 0 spiro atoms. The molecule has 0 aromatic heterocycles. The smallest absolute Gasteiger partial charge is 0.380 e. The number of nitrogens with zero attached hydrogens (tertiary/aromatic N) is 2. The highest BCUT2D eigenvalue weighted by Gasteiger charge is 2.17. The highest BCUT2D eigenvalue weighted by atomic mass is 19.3. The number of hydrogen-bond acceptors (Lipinski definition) is 5. The number of non-ortho nitro benzene ring substituents is 1. The average Bonchev–Trinajstić information content (AvgIpc) is 2.35. The van der Waals surface area contributed by atoms with E-state index in [4.69, 9.17) is 5.73 Å². The predicted molar refractivity (Wildman–Crippen MR) is 55.9 cm³/mol. The number of nitrogens with two attached hydrogens (primary N) is 1. The molecular formula is C9H7F2N3O4. The van der Waals surface area contributed by atoms with Gasteiger partial charge in [0.2, 0.25) is 0 Å². The van der Waals surface area contributed by atoms with Gasteiger partial charge in [0.25, 0.3) is 5.69 Å². The Morgan fingerprint density at radius 3 is 2.39 bits per heavy atom. The van der Waals surface area contributed by atoms with E-state index >= 15 is 0 Å². The fourth-order valence-electron chi connectivity index (χ4n) is 0.941. The summed E-state index contributed by atoms with van der Waals surface area (Å²) >= 11 is 0. The molecule has 0 bridgehead atoms. The molecule has 0 fully saturated rings. The maximum atomic E-state index is 11.8. The largest absolute Gasteiger partial charge is 0.400 e. The van der Waals surface area contributed by atoms with Crippen LogP contribution in [-0.2, 0) is 9.63 Å². The summed E-state index contributed by atoms with van der Waals surface area (Å²) in [6.07, 6.45) is -3.31. The van der Waals surface area contributed by atoms with Crippen LogP contribution in [0.2, 0.25) is 0 Å². The van der Waals surface area contributed by atoms with Crippen LogP contribution in [0.15, 0.2) is 29.4 Å². The molecule has 1 aromatic carbocycles. The van der Waals surface area contributed by atoms with Crippen LogP contribution in [-0.4, -0.2) is 23.2 Å². The first-order chi connectivity index (χ1) is 8.41. The zero-order chi connectivity index (χ0) is 13.7. The van der Waals surface area contributed by atoms with Crippen molar-refractivity contribution in [3.8, 4) is 0 Å². The molecule has 0 aliphatic heterocycles. The maximum absolute atomic E-state index is 11.8. The first-order valence-corrected chi connectivity index (χ1v) is 4.49. The van der Waals surface area contributed by atoms with Crippen molar-refractivity contribution in [3.63, 3.8) is 0 Å². The summed E-state index contributed by atoms with van der Waals surface area (Å²) in [5, 5.41) is 13.3. The van der Waals surface area contributed by atoms with Crippen molar-refractivity contribution in [2.75, 3.05) is 0 Å². The Labute approximate surface area is 99.0 Å². The van der Waals surface area contributed by atoms with Crippen LogP contribution in [0, 0.1) is 10.1 Å². The molecule has 0 amide bonds. The summed E-state index contributed by atoms with van der Waals surface area (Å²) in [5.74, 6) is -2.18. The summed E-state index contributed by atoms with van der Waals surface area (Å²) in [6, 6.07) is 4.78. The number of nitro groups is 1. The van der Waals surface area contributed by atoms with E-state index in [9.17, 15) is 23.7 Å². The molecule has 96 valence electrons. The third-order valence-electron chi connectivity index (χ3n) is 1.79. The number of nitro benzene ring substituents is 1. The second kappa shape index (κ2) is 5.66. The molecule has 0 heterocycles. The van der Waals surface area contributed by atoms with Crippen LogP contribution in [0.4, 0.5) is 14.5 Å². The molecule has 0 radical (unpaired) electrons. The van der Waals surface area contributed by atoms with Crippen molar-refractivity contribution in [2.24, 2.45) is 10.9 Å². The van der Waals surface area contributed by atoms with E-state index < -0.39 is 17.3 Å².